The lowest BCUT2D eigenvalue weighted by Crippen LogP contribution is -2.19. The first kappa shape index (κ1) is 17.0. The Morgan fingerprint density at radius 2 is 2.04 bits per heavy atom. The second kappa shape index (κ2) is 6.36. The number of alkyl halides is 3. The van der Waals surface area contributed by atoms with Gasteiger partial charge in [-0.3, -0.25) is 0 Å². The van der Waals surface area contributed by atoms with Gasteiger partial charge in [0.2, 0.25) is 11.2 Å². The van der Waals surface area contributed by atoms with E-state index in [4.69, 9.17) is 16.3 Å². The van der Waals surface area contributed by atoms with Crippen LogP contribution in [0, 0.1) is 0 Å². The summed E-state index contributed by atoms with van der Waals surface area (Å²) in [5, 5.41) is 13.5. The Labute approximate surface area is 153 Å². The smallest absolute Gasteiger partial charge is 0.416 e. The van der Waals surface area contributed by atoms with Crippen molar-refractivity contribution in [2.75, 3.05) is 0 Å². The van der Waals surface area contributed by atoms with E-state index in [0.29, 0.717) is 29.9 Å². The van der Waals surface area contributed by atoms with Gasteiger partial charge < -0.3 is 4.74 Å². The third kappa shape index (κ3) is 3.17. The van der Waals surface area contributed by atoms with E-state index in [2.05, 4.69) is 20.3 Å². The molecule has 134 valence electrons. The minimum Gasteiger partial charge on any atom is -0.441 e. The summed E-state index contributed by atoms with van der Waals surface area (Å²) >= 11 is 7.23. The molecular weight excluding hydrogens is 391 g/mol. The number of halogens is 4. The third-order valence-corrected chi connectivity index (χ3v) is 4.51. The monoisotopic (exact) mass is 399 g/mol. The van der Waals surface area contributed by atoms with Crippen LogP contribution in [0.25, 0.3) is 11.3 Å². The maximum atomic E-state index is 13.1. The first-order valence-corrected chi connectivity index (χ1v) is 8.69. The zero-order chi connectivity index (χ0) is 18.3. The lowest BCUT2D eigenvalue weighted by molar-refractivity contribution is -0.137. The number of aryl methyl sites for hydroxylation is 1. The molecule has 4 rings (SSSR count). The normalized spacial score (nSPS) is 14.1. The predicted octanol–water partition coefficient (Wildman–Crippen LogP) is 4.26. The minimum absolute atomic E-state index is 0.0251. The second-order valence-corrected chi connectivity index (χ2v) is 6.43. The maximum absolute atomic E-state index is 13.1. The number of ether oxygens (including phenoxy) is 1. The molecule has 0 bridgehead atoms. The van der Waals surface area contributed by atoms with E-state index in [0.717, 1.165) is 12.1 Å². The average Bonchev–Trinajstić information content (AvgIpc) is 3.25. The lowest BCUT2D eigenvalue weighted by atomic mass is 10.1. The van der Waals surface area contributed by atoms with Crippen molar-refractivity contribution in [3.8, 4) is 17.0 Å². The second-order valence-electron chi connectivity index (χ2n) is 5.38. The molecular formula is C15H9ClF3N5OS. The van der Waals surface area contributed by atoms with Gasteiger partial charge in [-0.2, -0.15) is 17.8 Å². The summed E-state index contributed by atoms with van der Waals surface area (Å²) in [6, 6.07) is 3.28. The molecule has 3 aromatic rings. The summed E-state index contributed by atoms with van der Waals surface area (Å²) in [5.74, 6) is 0.804. The van der Waals surface area contributed by atoms with Crippen LogP contribution < -0.4 is 4.74 Å². The summed E-state index contributed by atoms with van der Waals surface area (Å²) in [4.78, 5) is 4.14. The Kier molecular flexibility index (Phi) is 4.16. The lowest BCUT2D eigenvalue weighted by Gasteiger charge is -2.17. The molecule has 1 aliphatic rings. The van der Waals surface area contributed by atoms with Gasteiger partial charge in [-0.1, -0.05) is 0 Å². The van der Waals surface area contributed by atoms with E-state index in [1.54, 1.807) is 10.9 Å². The van der Waals surface area contributed by atoms with E-state index in [-0.39, 0.29) is 16.9 Å². The van der Waals surface area contributed by atoms with Gasteiger partial charge in [0.1, 0.15) is 5.75 Å². The summed E-state index contributed by atoms with van der Waals surface area (Å²) in [6.45, 7) is 0. The Morgan fingerprint density at radius 1 is 1.19 bits per heavy atom. The van der Waals surface area contributed by atoms with Crippen LogP contribution in [0.1, 0.15) is 17.8 Å². The molecule has 2 aromatic heterocycles. The molecule has 0 aliphatic carbocycles. The van der Waals surface area contributed by atoms with Crippen molar-refractivity contribution in [1.82, 2.24) is 19.9 Å². The molecule has 3 heterocycles. The number of thiazole rings is 1. The number of hydrogen-bond donors (Lipinski definition) is 0. The largest absolute Gasteiger partial charge is 0.441 e. The van der Waals surface area contributed by atoms with Crippen LogP contribution in [-0.2, 0) is 12.6 Å². The molecule has 0 unspecified atom stereocenters. The number of benzene rings is 1. The zero-order valence-corrected chi connectivity index (χ0v) is 14.4. The van der Waals surface area contributed by atoms with Crippen molar-refractivity contribution in [3.05, 3.63) is 45.8 Å². The van der Waals surface area contributed by atoms with E-state index in [1.807, 2.05) is 0 Å². The minimum atomic E-state index is -4.49. The number of aromatic nitrogens is 4. The molecule has 0 spiro atoms. The van der Waals surface area contributed by atoms with Crippen molar-refractivity contribution in [2.24, 2.45) is 5.10 Å². The van der Waals surface area contributed by atoms with Gasteiger partial charge in [-0.25, -0.2) is 4.98 Å². The van der Waals surface area contributed by atoms with Crippen LogP contribution >= 0.6 is 22.9 Å². The Balaban J connectivity index is 1.75. The van der Waals surface area contributed by atoms with Gasteiger partial charge in [-0.15, -0.1) is 26.6 Å². The number of nitrogens with zero attached hydrogens (tertiary/aromatic N) is 5. The van der Waals surface area contributed by atoms with E-state index < -0.39 is 11.7 Å². The Hall–Kier alpha value is -2.46. The molecule has 26 heavy (non-hydrogen) atoms. The first-order valence-electron chi connectivity index (χ1n) is 7.37. The molecule has 6 nitrogen and oxygen atoms in total. The third-order valence-electron chi connectivity index (χ3n) is 3.69. The fourth-order valence-electron chi connectivity index (χ4n) is 2.46. The highest BCUT2D eigenvalue weighted by atomic mass is 35.5. The van der Waals surface area contributed by atoms with Crippen molar-refractivity contribution in [1.29, 1.82) is 0 Å². The molecule has 1 aromatic carbocycles. The first-order chi connectivity index (χ1) is 12.4. The molecule has 0 atom stereocenters. The molecule has 0 N–H and O–H groups in total. The van der Waals surface area contributed by atoms with Crippen LogP contribution in [0.3, 0.4) is 0 Å². The van der Waals surface area contributed by atoms with Gasteiger partial charge in [0, 0.05) is 23.8 Å². The van der Waals surface area contributed by atoms with Crippen LogP contribution in [-0.4, -0.2) is 25.8 Å². The highest BCUT2D eigenvalue weighted by Gasteiger charge is 2.32. The quantitative estimate of drug-likeness (QED) is 0.645. The van der Waals surface area contributed by atoms with E-state index in [9.17, 15) is 13.2 Å². The highest BCUT2D eigenvalue weighted by Crippen LogP contribution is 2.37. The van der Waals surface area contributed by atoms with E-state index in [1.165, 1.54) is 22.1 Å². The fourth-order valence-corrected chi connectivity index (χ4v) is 3.19. The Morgan fingerprint density at radius 3 is 2.77 bits per heavy atom. The molecule has 1 aliphatic heterocycles. The summed E-state index contributed by atoms with van der Waals surface area (Å²) < 4.78 is 46.3. The zero-order valence-electron chi connectivity index (χ0n) is 12.9. The molecule has 0 saturated heterocycles. The van der Waals surface area contributed by atoms with Crippen molar-refractivity contribution in [2.45, 2.75) is 19.0 Å². The van der Waals surface area contributed by atoms with Crippen molar-refractivity contribution in [3.63, 3.8) is 0 Å². The average molecular weight is 400 g/mol. The van der Waals surface area contributed by atoms with Gasteiger partial charge in [0.25, 0.3) is 0 Å². The topological polar surface area (TPSA) is 65.2 Å². The van der Waals surface area contributed by atoms with Gasteiger partial charge >= 0.3 is 6.18 Å². The highest BCUT2D eigenvalue weighted by molar-refractivity contribution is 7.07. The molecule has 0 radical (unpaired) electrons. The molecule has 0 fully saturated rings. The summed E-state index contributed by atoms with van der Waals surface area (Å²) in [6.07, 6.45) is -3.66. The summed E-state index contributed by atoms with van der Waals surface area (Å²) in [7, 11) is 0. The van der Waals surface area contributed by atoms with Gasteiger partial charge in [0.15, 0.2) is 5.82 Å². The van der Waals surface area contributed by atoms with Gasteiger partial charge in [-0.05, 0) is 29.8 Å². The fraction of sp³-hybridized carbons (Fsp3) is 0.200. The number of hydrogen-bond acceptors (Lipinski definition) is 6. The standard InChI is InChI=1S/C15H9ClF3N5OS/c16-14-22-21-12-3-4-13(23-24(12)14)25-11-5-8(15(17,18)19)1-2-9(11)10-6-26-7-20-10/h1-2,5-7H,3-4H2. The Bertz CT molecular complexity index is 984. The van der Waals surface area contributed by atoms with Gasteiger partial charge in [0.05, 0.1) is 16.8 Å². The maximum Gasteiger partial charge on any atom is 0.416 e. The van der Waals surface area contributed by atoms with Crippen LogP contribution in [0.15, 0.2) is 34.2 Å². The molecule has 11 heteroatoms. The van der Waals surface area contributed by atoms with Crippen molar-refractivity contribution >= 4 is 28.8 Å². The van der Waals surface area contributed by atoms with E-state index >= 15 is 0 Å². The van der Waals surface area contributed by atoms with Crippen LogP contribution in [0.5, 0.6) is 5.75 Å². The predicted molar refractivity (Wildman–Crippen MR) is 89.4 cm³/mol. The summed E-state index contributed by atoms with van der Waals surface area (Å²) in [5.41, 5.74) is 1.75. The molecule has 0 amide bonds. The molecule has 0 saturated carbocycles. The van der Waals surface area contributed by atoms with Crippen LogP contribution in [0.4, 0.5) is 13.2 Å². The number of fused-ring (bicyclic) bond motifs is 1. The van der Waals surface area contributed by atoms with Crippen molar-refractivity contribution < 1.29 is 17.9 Å². The number of rotatable bonds is 2. The SMILES string of the molecule is FC(F)(F)c1ccc(-c2cscn2)c(OC2=Nn3c(Cl)nnc3CC2)c1. The van der Waals surface area contributed by atoms with Crippen LogP contribution in [0.2, 0.25) is 5.28 Å².